The molecule has 0 aliphatic rings. The maximum atomic E-state index is 6.92. The van der Waals surface area contributed by atoms with Crippen molar-refractivity contribution in [3.63, 3.8) is 0 Å². The third-order valence-corrected chi connectivity index (χ3v) is 2.35. The lowest BCUT2D eigenvalue weighted by atomic mass is 10.4. The summed E-state index contributed by atoms with van der Waals surface area (Å²) in [6.45, 7) is 6.12. The SMILES string of the molecule is CC.CCc1ccc(C=N)s1. The summed E-state index contributed by atoms with van der Waals surface area (Å²) in [5, 5.41) is 6.92. The summed E-state index contributed by atoms with van der Waals surface area (Å²) in [6, 6.07) is 4.06. The van der Waals surface area contributed by atoms with E-state index in [9.17, 15) is 0 Å². The summed E-state index contributed by atoms with van der Waals surface area (Å²) < 4.78 is 0. The van der Waals surface area contributed by atoms with E-state index in [1.54, 1.807) is 11.3 Å². The van der Waals surface area contributed by atoms with Crippen LogP contribution < -0.4 is 0 Å². The van der Waals surface area contributed by atoms with E-state index in [1.807, 2.05) is 19.9 Å². The van der Waals surface area contributed by atoms with Crippen LogP contribution in [0.2, 0.25) is 0 Å². The molecule has 1 heterocycles. The standard InChI is InChI=1S/C7H9NS.C2H6/c1-2-6-3-4-7(5-8)9-6;1-2/h3-5,8H,2H2,1H3;1-2H3. The Kier molecular flexibility index (Phi) is 5.75. The van der Waals surface area contributed by atoms with Gasteiger partial charge < -0.3 is 5.41 Å². The van der Waals surface area contributed by atoms with Crippen LogP contribution >= 0.6 is 11.3 Å². The number of nitrogens with one attached hydrogen (secondary N) is 1. The Labute approximate surface area is 72.6 Å². The minimum Gasteiger partial charge on any atom is -0.307 e. The van der Waals surface area contributed by atoms with Crippen molar-refractivity contribution in [1.29, 1.82) is 5.41 Å². The molecular formula is C9H15NS. The number of rotatable bonds is 2. The molecule has 2 heteroatoms. The largest absolute Gasteiger partial charge is 0.307 e. The molecule has 11 heavy (non-hydrogen) atoms. The molecule has 0 atom stereocenters. The molecule has 1 rings (SSSR count). The predicted molar refractivity (Wildman–Crippen MR) is 52.9 cm³/mol. The molecule has 0 amide bonds. The Morgan fingerprint density at radius 2 is 2.09 bits per heavy atom. The van der Waals surface area contributed by atoms with Crippen LogP contribution in [0.3, 0.4) is 0 Å². The smallest absolute Gasteiger partial charge is 0.0448 e. The van der Waals surface area contributed by atoms with Gasteiger partial charge >= 0.3 is 0 Å². The van der Waals surface area contributed by atoms with Crippen molar-refractivity contribution in [3.8, 4) is 0 Å². The molecule has 0 aliphatic carbocycles. The summed E-state index contributed by atoms with van der Waals surface area (Å²) in [5.74, 6) is 0. The Bertz CT molecular complexity index is 203. The second kappa shape index (κ2) is 6.10. The van der Waals surface area contributed by atoms with Crippen molar-refractivity contribution in [2.75, 3.05) is 0 Å². The van der Waals surface area contributed by atoms with Crippen LogP contribution in [-0.2, 0) is 6.42 Å². The van der Waals surface area contributed by atoms with Crippen LogP contribution in [0.15, 0.2) is 12.1 Å². The first kappa shape index (κ1) is 10.4. The van der Waals surface area contributed by atoms with E-state index >= 15 is 0 Å². The molecule has 0 radical (unpaired) electrons. The fourth-order valence-electron chi connectivity index (χ4n) is 0.662. The Hall–Kier alpha value is -0.630. The minimum atomic E-state index is 1.05. The van der Waals surface area contributed by atoms with Gasteiger partial charge in [0.15, 0.2) is 0 Å². The van der Waals surface area contributed by atoms with Crippen molar-refractivity contribution in [1.82, 2.24) is 0 Å². The highest BCUT2D eigenvalue weighted by Gasteiger charge is 1.92. The van der Waals surface area contributed by atoms with Gasteiger partial charge in [-0.25, -0.2) is 0 Å². The molecule has 0 fully saturated rings. The third-order valence-electron chi connectivity index (χ3n) is 1.17. The fraction of sp³-hybridized carbons (Fsp3) is 0.444. The van der Waals surface area contributed by atoms with Gasteiger partial charge in [-0.3, -0.25) is 0 Å². The molecule has 1 aromatic rings. The van der Waals surface area contributed by atoms with Gasteiger partial charge in [-0.05, 0) is 18.6 Å². The van der Waals surface area contributed by atoms with Gasteiger partial charge in [-0.15, -0.1) is 11.3 Å². The molecular weight excluding hydrogens is 154 g/mol. The molecule has 0 spiro atoms. The van der Waals surface area contributed by atoms with Gasteiger partial charge in [0.1, 0.15) is 0 Å². The van der Waals surface area contributed by atoms with E-state index in [0.717, 1.165) is 11.3 Å². The second-order valence-corrected chi connectivity index (χ2v) is 3.00. The normalized spacial score (nSPS) is 8.27. The van der Waals surface area contributed by atoms with Crippen molar-refractivity contribution in [2.45, 2.75) is 27.2 Å². The van der Waals surface area contributed by atoms with Crippen LogP contribution in [0, 0.1) is 5.41 Å². The van der Waals surface area contributed by atoms with Crippen LogP contribution in [0.25, 0.3) is 0 Å². The zero-order valence-electron chi connectivity index (χ0n) is 7.35. The Balaban J connectivity index is 0.000000461. The van der Waals surface area contributed by atoms with E-state index in [1.165, 1.54) is 11.1 Å². The lowest BCUT2D eigenvalue weighted by Gasteiger charge is -1.80. The number of hydrogen-bond donors (Lipinski definition) is 1. The zero-order valence-corrected chi connectivity index (χ0v) is 8.16. The molecule has 1 nitrogen and oxygen atoms in total. The average molecular weight is 169 g/mol. The molecule has 0 saturated heterocycles. The molecule has 0 aliphatic heterocycles. The van der Waals surface area contributed by atoms with E-state index in [2.05, 4.69) is 13.0 Å². The Morgan fingerprint density at radius 1 is 1.45 bits per heavy atom. The van der Waals surface area contributed by atoms with Crippen molar-refractivity contribution in [2.24, 2.45) is 0 Å². The lowest BCUT2D eigenvalue weighted by Crippen LogP contribution is -1.65. The van der Waals surface area contributed by atoms with Crippen LogP contribution in [0.5, 0.6) is 0 Å². The fourth-order valence-corrected chi connectivity index (χ4v) is 1.44. The van der Waals surface area contributed by atoms with E-state index < -0.39 is 0 Å². The van der Waals surface area contributed by atoms with Gasteiger partial charge in [0.05, 0.1) is 0 Å². The second-order valence-electron chi connectivity index (χ2n) is 1.80. The zero-order chi connectivity index (χ0) is 8.69. The summed E-state index contributed by atoms with van der Waals surface area (Å²) in [7, 11) is 0. The molecule has 1 N–H and O–H groups in total. The molecule has 0 saturated carbocycles. The van der Waals surface area contributed by atoms with Crippen molar-refractivity contribution < 1.29 is 0 Å². The van der Waals surface area contributed by atoms with E-state index in [0.29, 0.717) is 0 Å². The highest BCUT2D eigenvalue weighted by molar-refractivity contribution is 7.13. The molecule has 62 valence electrons. The first-order chi connectivity index (χ1) is 5.36. The highest BCUT2D eigenvalue weighted by Crippen LogP contribution is 2.13. The van der Waals surface area contributed by atoms with Crippen LogP contribution in [0.1, 0.15) is 30.5 Å². The third kappa shape index (κ3) is 3.33. The summed E-state index contributed by atoms with van der Waals surface area (Å²) in [6.07, 6.45) is 2.47. The first-order valence-corrected chi connectivity index (χ1v) is 4.77. The molecule has 0 unspecified atom stereocenters. The van der Waals surface area contributed by atoms with Crippen LogP contribution in [-0.4, -0.2) is 6.21 Å². The Morgan fingerprint density at radius 3 is 2.36 bits per heavy atom. The van der Waals surface area contributed by atoms with Gasteiger partial charge in [-0.1, -0.05) is 20.8 Å². The average Bonchev–Trinajstić information content (AvgIpc) is 2.55. The van der Waals surface area contributed by atoms with Crippen molar-refractivity contribution in [3.05, 3.63) is 21.9 Å². The van der Waals surface area contributed by atoms with E-state index in [-0.39, 0.29) is 0 Å². The van der Waals surface area contributed by atoms with E-state index in [4.69, 9.17) is 5.41 Å². The lowest BCUT2D eigenvalue weighted by molar-refractivity contribution is 1.19. The van der Waals surface area contributed by atoms with Crippen molar-refractivity contribution >= 4 is 17.6 Å². The van der Waals surface area contributed by atoms with Crippen LogP contribution in [0.4, 0.5) is 0 Å². The quantitative estimate of drug-likeness (QED) is 0.657. The minimum absolute atomic E-state index is 1.05. The van der Waals surface area contributed by atoms with Gasteiger partial charge in [0.2, 0.25) is 0 Å². The van der Waals surface area contributed by atoms with Gasteiger partial charge in [0.25, 0.3) is 0 Å². The number of hydrogen-bond acceptors (Lipinski definition) is 2. The number of aryl methyl sites for hydroxylation is 1. The topological polar surface area (TPSA) is 23.9 Å². The first-order valence-electron chi connectivity index (χ1n) is 3.96. The van der Waals surface area contributed by atoms with Gasteiger partial charge in [0, 0.05) is 16.0 Å². The summed E-state index contributed by atoms with van der Waals surface area (Å²) in [5.41, 5.74) is 0. The molecule has 0 bridgehead atoms. The maximum absolute atomic E-state index is 6.92. The summed E-state index contributed by atoms with van der Waals surface area (Å²) in [4.78, 5) is 2.40. The maximum Gasteiger partial charge on any atom is 0.0448 e. The molecule has 0 aromatic carbocycles. The molecule has 1 aromatic heterocycles. The predicted octanol–water partition coefficient (Wildman–Crippen LogP) is 3.33. The number of thiophene rings is 1. The van der Waals surface area contributed by atoms with Gasteiger partial charge in [-0.2, -0.15) is 0 Å². The highest BCUT2D eigenvalue weighted by atomic mass is 32.1. The summed E-state index contributed by atoms with van der Waals surface area (Å²) >= 11 is 1.69. The monoisotopic (exact) mass is 169 g/mol.